The molecule has 0 bridgehead atoms. The largest absolute Gasteiger partial charge is 0.496 e. The van der Waals surface area contributed by atoms with Crippen molar-refractivity contribution in [2.24, 2.45) is 0 Å². The third kappa shape index (κ3) is 4.09. The van der Waals surface area contributed by atoms with Gasteiger partial charge in [-0.2, -0.15) is 0 Å². The van der Waals surface area contributed by atoms with Gasteiger partial charge in [-0.05, 0) is 48.9 Å². The van der Waals surface area contributed by atoms with Crippen molar-refractivity contribution in [3.8, 4) is 5.75 Å². The molecule has 0 saturated carbocycles. The van der Waals surface area contributed by atoms with Gasteiger partial charge in [-0.15, -0.1) is 0 Å². The molecule has 2 aromatic carbocycles. The fraction of sp³-hybridized carbons (Fsp3) is 0.190. The lowest BCUT2D eigenvalue weighted by Gasteiger charge is -2.15. The third-order valence-electron chi connectivity index (χ3n) is 4.35. The molecule has 1 saturated heterocycles. The van der Waals surface area contributed by atoms with Gasteiger partial charge < -0.3 is 10.1 Å². The Kier molecular flexibility index (Phi) is 5.84. The van der Waals surface area contributed by atoms with Crippen molar-refractivity contribution in [2.75, 3.05) is 19.0 Å². The maximum Gasteiger partial charge on any atom is 0.294 e. The van der Waals surface area contributed by atoms with Crippen LogP contribution >= 0.6 is 11.8 Å². The number of anilines is 1. The number of hydrogen-bond acceptors (Lipinski definition) is 5. The Balaban J connectivity index is 1.75. The first-order valence-corrected chi connectivity index (χ1v) is 9.47. The Morgan fingerprint density at radius 3 is 2.46 bits per heavy atom. The molecule has 28 heavy (non-hydrogen) atoms. The van der Waals surface area contributed by atoms with E-state index in [0.717, 1.165) is 27.8 Å². The summed E-state index contributed by atoms with van der Waals surface area (Å²) in [6, 6.07) is 12.9. The monoisotopic (exact) mass is 396 g/mol. The number of thioether (sulfide) groups is 1. The smallest absolute Gasteiger partial charge is 0.294 e. The van der Waals surface area contributed by atoms with Gasteiger partial charge in [0.15, 0.2) is 0 Å². The van der Waals surface area contributed by atoms with Crippen molar-refractivity contribution in [2.45, 2.75) is 13.8 Å². The first-order valence-electron chi connectivity index (χ1n) is 8.65. The zero-order valence-corrected chi connectivity index (χ0v) is 16.6. The second kappa shape index (κ2) is 8.31. The van der Waals surface area contributed by atoms with Crippen LogP contribution in [0.25, 0.3) is 6.08 Å². The van der Waals surface area contributed by atoms with Crippen LogP contribution < -0.4 is 10.1 Å². The van der Waals surface area contributed by atoms with Gasteiger partial charge in [0.25, 0.3) is 11.1 Å². The number of amides is 3. The summed E-state index contributed by atoms with van der Waals surface area (Å²) in [7, 11) is 1.54. The Hall–Kier alpha value is -3.06. The molecule has 0 aromatic heterocycles. The Labute approximate surface area is 167 Å². The van der Waals surface area contributed by atoms with E-state index < -0.39 is 17.1 Å². The summed E-state index contributed by atoms with van der Waals surface area (Å²) in [4.78, 5) is 38.5. The topological polar surface area (TPSA) is 75.7 Å². The molecule has 1 aliphatic heterocycles. The molecule has 0 unspecified atom stereocenters. The van der Waals surface area contributed by atoms with E-state index >= 15 is 0 Å². The highest BCUT2D eigenvalue weighted by Gasteiger charge is 2.36. The molecule has 0 spiro atoms. The molecule has 1 heterocycles. The first-order chi connectivity index (χ1) is 13.4. The summed E-state index contributed by atoms with van der Waals surface area (Å²) in [5.74, 6) is -0.308. The minimum Gasteiger partial charge on any atom is -0.496 e. The number of benzene rings is 2. The van der Waals surface area contributed by atoms with Crippen LogP contribution in [0.2, 0.25) is 0 Å². The quantitative estimate of drug-likeness (QED) is 0.774. The van der Waals surface area contributed by atoms with Crippen molar-refractivity contribution in [1.29, 1.82) is 0 Å². The van der Waals surface area contributed by atoms with Gasteiger partial charge in [0.05, 0.1) is 12.0 Å². The highest BCUT2D eigenvalue weighted by molar-refractivity contribution is 8.18. The van der Waals surface area contributed by atoms with E-state index in [0.29, 0.717) is 17.0 Å². The molecular formula is C21H20N2O4S. The first kappa shape index (κ1) is 19.7. The van der Waals surface area contributed by atoms with Gasteiger partial charge in [0.2, 0.25) is 5.91 Å². The average Bonchev–Trinajstić information content (AvgIpc) is 2.93. The second-order valence-electron chi connectivity index (χ2n) is 6.32. The second-order valence-corrected chi connectivity index (χ2v) is 7.32. The predicted octanol–water partition coefficient (Wildman–Crippen LogP) is 3.99. The van der Waals surface area contributed by atoms with Crippen LogP contribution in [0.5, 0.6) is 5.75 Å². The lowest BCUT2D eigenvalue weighted by atomic mass is 10.1. The number of para-hydroxylation sites is 2. The maximum atomic E-state index is 12.6. The fourth-order valence-electron chi connectivity index (χ4n) is 2.90. The molecule has 3 amide bonds. The molecule has 7 heteroatoms. The van der Waals surface area contributed by atoms with Crippen molar-refractivity contribution < 1.29 is 19.1 Å². The highest BCUT2D eigenvalue weighted by atomic mass is 32.2. The minimum atomic E-state index is -0.488. The van der Waals surface area contributed by atoms with Crippen molar-refractivity contribution >= 4 is 40.6 Å². The third-order valence-corrected chi connectivity index (χ3v) is 5.25. The summed E-state index contributed by atoms with van der Waals surface area (Å²) in [6.07, 6.45) is 1.60. The number of hydrogen-bond donors (Lipinski definition) is 1. The van der Waals surface area contributed by atoms with Crippen LogP contribution in [0.15, 0.2) is 47.4 Å². The van der Waals surface area contributed by atoms with Crippen LogP contribution in [-0.4, -0.2) is 35.6 Å². The fourth-order valence-corrected chi connectivity index (χ4v) is 3.73. The molecule has 1 N–H and O–H groups in total. The van der Waals surface area contributed by atoms with Crippen molar-refractivity contribution in [1.82, 2.24) is 4.90 Å². The summed E-state index contributed by atoms with van der Waals surface area (Å²) >= 11 is 0.813. The number of ether oxygens (including phenoxy) is 1. The molecule has 0 atom stereocenters. The summed E-state index contributed by atoms with van der Waals surface area (Å²) in [5.41, 5.74) is 3.22. The Bertz CT molecular complexity index is 964. The zero-order chi connectivity index (χ0) is 20.3. The van der Waals surface area contributed by atoms with E-state index in [1.807, 2.05) is 44.2 Å². The molecule has 1 fully saturated rings. The van der Waals surface area contributed by atoms with Crippen LogP contribution in [0, 0.1) is 13.8 Å². The van der Waals surface area contributed by atoms with Gasteiger partial charge in [-0.25, -0.2) is 0 Å². The number of methoxy groups -OCH3 is 1. The van der Waals surface area contributed by atoms with Gasteiger partial charge in [0.1, 0.15) is 12.3 Å². The number of aryl methyl sites for hydroxylation is 2. The van der Waals surface area contributed by atoms with Gasteiger partial charge in [-0.1, -0.05) is 36.4 Å². The average molecular weight is 396 g/mol. The predicted molar refractivity (Wildman–Crippen MR) is 110 cm³/mol. The molecule has 3 rings (SSSR count). The molecule has 1 aliphatic rings. The summed E-state index contributed by atoms with van der Waals surface area (Å²) in [5, 5.41) is 2.33. The number of imide groups is 1. The molecule has 0 radical (unpaired) electrons. The van der Waals surface area contributed by atoms with Crippen LogP contribution in [0.3, 0.4) is 0 Å². The zero-order valence-electron chi connectivity index (χ0n) is 15.8. The molecule has 144 valence electrons. The Morgan fingerprint density at radius 1 is 1.11 bits per heavy atom. The van der Waals surface area contributed by atoms with Crippen LogP contribution in [0.1, 0.15) is 16.7 Å². The standard InChI is InChI=1S/C21H20N2O4S/c1-13-7-6-8-14(2)19(13)22-18(24)12-23-20(25)17(28-21(23)26)11-15-9-4-5-10-16(15)27-3/h4-11H,12H2,1-3H3,(H,22,24)/b17-11-. The molecule has 6 nitrogen and oxygen atoms in total. The van der Waals surface area contributed by atoms with Crippen molar-refractivity contribution in [3.63, 3.8) is 0 Å². The number of carbonyl (C=O) groups excluding carboxylic acids is 3. The lowest BCUT2D eigenvalue weighted by molar-refractivity contribution is -0.127. The van der Waals surface area contributed by atoms with Gasteiger partial charge in [-0.3, -0.25) is 19.3 Å². The van der Waals surface area contributed by atoms with E-state index in [2.05, 4.69) is 5.32 Å². The molecular weight excluding hydrogens is 376 g/mol. The summed E-state index contributed by atoms with van der Waals surface area (Å²) < 4.78 is 5.27. The maximum absolute atomic E-state index is 12.6. The number of carbonyl (C=O) groups is 3. The normalized spacial score (nSPS) is 15.2. The Morgan fingerprint density at radius 2 is 1.79 bits per heavy atom. The van der Waals surface area contributed by atoms with Crippen molar-refractivity contribution in [3.05, 3.63) is 64.1 Å². The highest BCUT2D eigenvalue weighted by Crippen LogP contribution is 2.33. The van der Waals surface area contributed by atoms with E-state index in [-0.39, 0.29) is 11.4 Å². The van der Waals surface area contributed by atoms with E-state index in [9.17, 15) is 14.4 Å². The van der Waals surface area contributed by atoms with E-state index in [4.69, 9.17) is 4.74 Å². The molecule has 2 aromatic rings. The van der Waals surface area contributed by atoms with Gasteiger partial charge in [0, 0.05) is 11.3 Å². The van der Waals surface area contributed by atoms with Gasteiger partial charge >= 0.3 is 0 Å². The summed E-state index contributed by atoms with van der Waals surface area (Å²) in [6.45, 7) is 3.44. The van der Waals surface area contributed by atoms with Crippen LogP contribution in [-0.2, 0) is 9.59 Å². The SMILES string of the molecule is COc1ccccc1/C=C1\SC(=O)N(CC(=O)Nc2c(C)cccc2C)C1=O. The number of nitrogens with zero attached hydrogens (tertiary/aromatic N) is 1. The molecule has 0 aliphatic carbocycles. The van der Waals surface area contributed by atoms with E-state index in [1.54, 1.807) is 18.2 Å². The minimum absolute atomic E-state index is 0.259. The van der Waals surface area contributed by atoms with E-state index in [1.165, 1.54) is 7.11 Å². The number of nitrogens with one attached hydrogen (secondary N) is 1. The van der Waals surface area contributed by atoms with Crippen LogP contribution in [0.4, 0.5) is 10.5 Å². The lowest BCUT2D eigenvalue weighted by Crippen LogP contribution is -2.36. The number of rotatable bonds is 5.